The first-order chi connectivity index (χ1) is 8.27. The van der Waals surface area contributed by atoms with E-state index in [2.05, 4.69) is 6.92 Å². The molecular weight excluding hydrogens is 232 g/mol. The number of aryl methyl sites for hydroxylation is 1. The van der Waals surface area contributed by atoms with E-state index in [-0.39, 0.29) is 0 Å². The van der Waals surface area contributed by atoms with Crippen molar-refractivity contribution in [2.45, 2.75) is 32.6 Å². The van der Waals surface area contributed by atoms with Gasteiger partial charge in [-0.05, 0) is 50.3 Å². The number of benzene rings is 1. The fourth-order valence-corrected chi connectivity index (χ4v) is 2.79. The molecule has 0 radical (unpaired) electrons. The Labute approximate surface area is 106 Å². The fourth-order valence-electron chi connectivity index (χ4n) is 2.57. The number of rotatable bonds is 1. The smallest absolute Gasteiger partial charge is 0.0835 e. The van der Waals surface area contributed by atoms with Crippen LogP contribution in [0.15, 0.2) is 24.3 Å². The lowest BCUT2D eigenvalue weighted by atomic mass is 9.96. The van der Waals surface area contributed by atoms with Gasteiger partial charge in [-0.2, -0.15) is 5.10 Å². The first-order valence-corrected chi connectivity index (χ1v) is 6.47. The molecule has 3 heteroatoms. The molecule has 0 amide bonds. The van der Waals surface area contributed by atoms with Crippen LogP contribution >= 0.6 is 11.6 Å². The maximum absolute atomic E-state index is 6.23. The van der Waals surface area contributed by atoms with E-state index in [1.807, 2.05) is 28.9 Å². The third kappa shape index (κ3) is 1.77. The molecule has 0 atom stereocenters. The third-order valence-electron chi connectivity index (χ3n) is 3.49. The Morgan fingerprint density at radius 1 is 1.18 bits per heavy atom. The molecule has 88 valence electrons. The Morgan fingerprint density at radius 3 is 2.71 bits per heavy atom. The number of nitrogens with zero attached hydrogens (tertiary/aromatic N) is 2. The molecule has 3 rings (SSSR count). The van der Waals surface area contributed by atoms with Crippen molar-refractivity contribution in [2.24, 2.45) is 0 Å². The van der Waals surface area contributed by atoms with Crippen LogP contribution in [0.2, 0.25) is 5.02 Å². The molecule has 2 nitrogen and oxygen atoms in total. The minimum Gasteiger partial charge on any atom is -0.236 e. The molecule has 0 saturated carbocycles. The average molecular weight is 247 g/mol. The predicted molar refractivity (Wildman–Crippen MR) is 70.0 cm³/mol. The first kappa shape index (κ1) is 10.8. The molecule has 1 heterocycles. The number of fused-ring (bicyclic) bond motifs is 1. The van der Waals surface area contributed by atoms with E-state index in [0.29, 0.717) is 0 Å². The molecular formula is C14H15ClN2. The van der Waals surface area contributed by atoms with Gasteiger partial charge in [0, 0.05) is 5.69 Å². The molecule has 0 N–H and O–H groups in total. The summed E-state index contributed by atoms with van der Waals surface area (Å²) < 4.78 is 2.00. The van der Waals surface area contributed by atoms with Crippen LogP contribution in [0, 0.1) is 6.92 Å². The van der Waals surface area contributed by atoms with Gasteiger partial charge in [-0.15, -0.1) is 0 Å². The maximum Gasteiger partial charge on any atom is 0.0835 e. The molecule has 1 aliphatic rings. The summed E-state index contributed by atoms with van der Waals surface area (Å²) in [5, 5.41) is 5.47. The van der Waals surface area contributed by atoms with Gasteiger partial charge in [0.25, 0.3) is 0 Å². The molecule has 0 bridgehead atoms. The molecule has 0 spiro atoms. The summed E-state index contributed by atoms with van der Waals surface area (Å²) in [6.45, 7) is 2.14. The summed E-state index contributed by atoms with van der Waals surface area (Å²) in [5.41, 5.74) is 4.92. The van der Waals surface area contributed by atoms with E-state index < -0.39 is 0 Å². The first-order valence-electron chi connectivity index (χ1n) is 6.09. The van der Waals surface area contributed by atoms with Crippen LogP contribution in [0.1, 0.15) is 29.8 Å². The van der Waals surface area contributed by atoms with E-state index in [0.717, 1.165) is 23.6 Å². The molecule has 1 aromatic carbocycles. The van der Waals surface area contributed by atoms with Gasteiger partial charge < -0.3 is 0 Å². The van der Waals surface area contributed by atoms with Gasteiger partial charge >= 0.3 is 0 Å². The highest BCUT2D eigenvalue weighted by atomic mass is 35.5. The van der Waals surface area contributed by atoms with E-state index in [4.69, 9.17) is 16.7 Å². The van der Waals surface area contributed by atoms with Crippen LogP contribution in [0.25, 0.3) is 5.69 Å². The van der Waals surface area contributed by atoms with Crippen molar-refractivity contribution >= 4 is 11.6 Å². The highest BCUT2D eigenvalue weighted by molar-refractivity contribution is 6.32. The average Bonchev–Trinajstić information content (AvgIpc) is 2.68. The number of para-hydroxylation sites is 1. The Bertz CT molecular complexity index is 557. The van der Waals surface area contributed by atoms with Crippen molar-refractivity contribution in [3.05, 3.63) is 46.2 Å². The summed E-state index contributed by atoms with van der Waals surface area (Å²) in [6.07, 6.45) is 4.80. The van der Waals surface area contributed by atoms with Crippen molar-refractivity contribution in [1.29, 1.82) is 0 Å². The molecule has 0 aliphatic heterocycles. The topological polar surface area (TPSA) is 17.8 Å². The number of aromatic nitrogens is 2. The van der Waals surface area contributed by atoms with Crippen LogP contribution < -0.4 is 0 Å². The zero-order chi connectivity index (χ0) is 11.8. The molecule has 1 aromatic heterocycles. The lowest BCUT2D eigenvalue weighted by molar-refractivity contribution is 0.671. The Hall–Kier alpha value is -1.28. The van der Waals surface area contributed by atoms with Crippen LogP contribution in [0.3, 0.4) is 0 Å². The van der Waals surface area contributed by atoms with Gasteiger partial charge in [0.1, 0.15) is 0 Å². The summed E-state index contributed by atoms with van der Waals surface area (Å²) in [5.74, 6) is 0. The second-order valence-electron chi connectivity index (χ2n) is 4.58. The Kier molecular flexibility index (Phi) is 2.67. The number of halogens is 1. The van der Waals surface area contributed by atoms with Crippen LogP contribution in [-0.2, 0) is 12.8 Å². The van der Waals surface area contributed by atoms with Gasteiger partial charge in [0.05, 0.1) is 16.4 Å². The Morgan fingerprint density at radius 2 is 1.94 bits per heavy atom. The normalized spacial score (nSPS) is 14.7. The quantitative estimate of drug-likeness (QED) is 0.750. The molecule has 0 unspecified atom stereocenters. The standard InChI is InChI=1S/C14H15ClN2/c1-10-11-6-2-4-8-13(11)16-17(10)14-9-5-3-7-12(14)15/h3,5,7,9H,2,4,6,8H2,1H3. The monoisotopic (exact) mass is 246 g/mol. The van der Waals surface area contributed by atoms with Crippen LogP contribution in [-0.4, -0.2) is 9.78 Å². The third-order valence-corrected chi connectivity index (χ3v) is 3.81. The highest BCUT2D eigenvalue weighted by Crippen LogP contribution is 2.28. The van der Waals surface area contributed by atoms with Crippen molar-refractivity contribution in [2.75, 3.05) is 0 Å². The number of hydrogen-bond donors (Lipinski definition) is 0. The summed E-state index contributed by atoms with van der Waals surface area (Å²) in [4.78, 5) is 0. The zero-order valence-electron chi connectivity index (χ0n) is 9.91. The summed E-state index contributed by atoms with van der Waals surface area (Å²) >= 11 is 6.23. The second-order valence-corrected chi connectivity index (χ2v) is 4.99. The zero-order valence-corrected chi connectivity index (χ0v) is 10.7. The van der Waals surface area contributed by atoms with Crippen LogP contribution in [0.4, 0.5) is 0 Å². The van der Waals surface area contributed by atoms with Gasteiger partial charge in [-0.1, -0.05) is 23.7 Å². The van der Waals surface area contributed by atoms with Crippen molar-refractivity contribution in [3.63, 3.8) is 0 Å². The molecule has 2 aromatic rings. The lowest BCUT2D eigenvalue weighted by Gasteiger charge is -2.09. The van der Waals surface area contributed by atoms with Gasteiger partial charge in [0.2, 0.25) is 0 Å². The van der Waals surface area contributed by atoms with E-state index in [1.165, 1.54) is 29.8 Å². The summed E-state index contributed by atoms with van der Waals surface area (Å²) in [6, 6.07) is 7.89. The predicted octanol–water partition coefficient (Wildman–Crippen LogP) is 3.71. The van der Waals surface area contributed by atoms with Crippen molar-refractivity contribution < 1.29 is 0 Å². The highest BCUT2D eigenvalue weighted by Gasteiger charge is 2.19. The fraction of sp³-hybridized carbons (Fsp3) is 0.357. The van der Waals surface area contributed by atoms with Gasteiger partial charge in [0.15, 0.2) is 0 Å². The van der Waals surface area contributed by atoms with E-state index >= 15 is 0 Å². The Balaban J connectivity index is 2.16. The lowest BCUT2D eigenvalue weighted by Crippen LogP contribution is -2.00. The molecule has 0 saturated heterocycles. The van der Waals surface area contributed by atoms with E-state index in [9.17, 15) is 0 Å². The molecule has 0 fully saturated rings. The minimum atomic E-state index is 0.760. The van der Waals surface area contributed by atoms with Gasteiger partial charge in [-0.25, -0.2) is 4.68 Å². The maximum atomic E-state index is 6.23. The molecule has 1 aliphatic carbocycles. The largest absolute Gasteiger partial charge is 0.236 e. The summed E-state index contributed by atoms with van der Waals surface area (Å²) in [7, 11) is 0. The SMILES string of the molecule is Cc1c2c(nn1-c1ccccc1Cl)CCCC2. The van der Waals surface area contributed by atoms with Gasteiger partial charge in [-0.3, -0.25) is 0 Å². The van der Waals surface area contributed by atoms with Crippen molar-refractivity contribution in [3.8, 4) is 5.69 Å². The second kappa shape index (κ2) is 4.19. The number of hydrogen-bond acceptors (Lipinski definition) is 1. The molecule has 17 heavy (non-hydrogen) atoms. The minimum absolute atomic E-state index is 0.760. The van der Waals surface area contributed by atoms with E-state index in [1.54, 1.807) is 0 Å². The van der Waals surface area contributed by atoms with Crippen molar-refractivity contribution in [1.82, 2.24) is 9.78 Å². The van der Waals surface area contributed by atoms with Crippen LogP contribution in [0.5, 0.6) is 0 Å².